The highest BCUT2D eigenvalue weighted by atomic mass is 35.5. The zero-order valence-electron chi connectivity index (χ0n) is 16.0. The monoisotopic (exact) mass is 405 g/mol. The maximum Gasteiger partial charge on any atom is 0.267 e. The van der Waals surface area contributed by atoms with E-state index in [9.17, 15) is 4.79 Å². The fourth-order valence-electron chi connectivity index (χ4n) is 2.74. The normalized spacial score (nSPS) is 19.5. The average molecular weight is 406 g/mol. The standard InChI is InChI=1S/C20H24ClN3O2S/c1-19(2,3)16-12-27-17(23-16)9-10-22-18(25)20(4)11-15(24-26-20)13-7-5-6-8-14(13)21/h5-8,12H,9-11H2,1-4H3,(H,22,25)/t20-/m1/s1. The Morgan fingerprint density at radius 2 is 2.11 bits per heavy atom. The van der Waals surface area contributed by atoms with E-state index in [0.717, 1.165) is 16.3 Å². The molecular formula is C20H24ClN3O2S. The van der Waals surface area contributed by atoms with Gasteiger partial charge >= 0.3 is 0 Å². The van der Waals surface area contributed by atoms with E-state index in [1.165, 1.54) is 0 Å². The Kier molecular flexibility index (Phi) is 5.58. The number of thiazole rings is 1. The maximum absolute atomic E-state index is 12.6. The molecule has 1 amide bonds. The van der Waals surface area contributed by atoms with Crippen molar-refractivity contribution in [2.75, 3.05) is 6.54 Å². The van der Waals surface area contributed by atoms with Crippen molar-refractivity contribution in [1.29, 1.82) is 0 Å². The number of aromatic nitrogens is 1. The predicted molar refractivity (Wildman–Crippen MR) is 110 cm³/mol. The smallest absolute Gasteiger partial charge is 0.267 e. The van der Waals surface area contributed by atoms with Crippen molar-refractivity contribution >= 4 is 34.6 Å². The zero-order valence-corrected chi connectivity index (χ0v) is 17.6. The minimum absolute atomic E-state index is 0.0373. The summed E-state index contributed by atoms with van der Waals surface area (Å²) in [6.45, 7) is 8.68. The summed E-state index contributed by atoms with van der Waals surface area (Å²) in [5, 5.41) is 10.7. The number of amides is 1. The molecule has 7 heteroatoms. The van der Waals surface area contributed by atoms with Gasteiger partial charge in [0, 0.05) is 40.8 Å². The molecule has 1 N–H and O–H groups in total. The summed E-state index contributed by atoms with van der Waals surface area (Å²) in [7, 11) is 0. The van der Waals surface area contributed by atoms with E-state index < -0.39 is 5.60 Å². The SMILES string of the molecule is CC(C)(C)c1csc(CCNC(=O)[C@@]2(C)CC(c3ccccc3Cl)=NO2)n1. The van der Waals surface area contributed by atoms with Gasteiger partial charge < -0.3 is 10.2 Å². The number of oxime groups is 1. The Balaban J connectivity index is 1.54. The number of rotatable bonds is 5. The van der Waals surface area contributed by atoms with Gasteiger partial charge in [-0.2, -0.15) is 0 Å². The molecular weight excluding hydrogens is 382 g/mol. The average Bonchev–Trinajstić information content (AvgIpc) is 3.23. The molecule has 0 aliphatic carbocycles. The van der Waals surface area contributed by atoms with Crippen LogP contribution in [0.1, 0.15) is 50.4 Å². The fraction of sp³-hybridized carbons (Fsp3) is 0.450. The van der Waals surface area contributed by atoms with Gasteiger partial charge in [0.15, 0.2) is 0 Å². The first kappa shape index (κ1) is 19.8. The highest BCUT2D eigenvalue weighted by molar-refractivity contribution is 7.09. The molecule has 1 atom stereocenters. The molecule has 0 unspecified atom stereocenters. The van der Waals surface area contributed by atoms with E-state index in [1.807, 2.05) is 18.2 Å². The first-order chi connectivity index (χ1) is 12.7. The highest BCUT2D eigenvalue weighted by Gasteiger charge is 2.42. The molecule has 5 nitrogen and oxygen atoms in total. The fourth-order valence-corrected chi connectivity index (χ4v) is 4.01. The van der Waals surface area contributed by atoms with Crippen molar-refractivity contribution in [3.05, 3.63) is 50.9 Å². The Morgan fingerprint density at radius 1 is 1.37 bits per heavy atom. The van der Waals surface area contributed by atoms with Crippen LogP contribution < -0.4 is 5.32 Å². The molecule has 0 saturated carbocycles. The van der Waals surface area contributed by atoms with E-state index in [2.05, 4.69) is 41.6 Å². The summed E-state index contributed by atoms with van der Waals surface area (Å²) in [5.74, 6) is -0.180. The predicted octanol–water partition coefficient (Wildman–Crippen LogP) is 4.34. The molecule has 0 saturated heterocycles. The summed E-state index contributed by atoms with van der Waals surface area (Å²) in [6.07, 6.45) is 1.08. The molecule has 1 aromatic heterocycles. The van der Waals surface area contributed by atoms with Gasteiger partial charge in [0.25, 0.3) is 5.91 Å². The number of halogens is 1. The first-order valence-corrected chi connectivity index (χ1v) is 10.2. The van der Waals surface area contributed by atoms with Crippen LogP contribution in [0.15, 0.2) is 34.8 Å². The third-order valence-corrected chi connectivity index (χ3v) is 5.71. The molecule has 27 heavy (non-hydrogen) atoms. The third-order valence-electron chi connectivity index (χ3n) is 4.47. The zero-order chi connectivity index (χ0) is 19.7. The molecule has 2 aromatic rings. The van der Waals surface area contributed by atoms with E-state index >= 15 is 0 Å². The van der Waals surface area contributed by atoms with Crippen LogP contribution in [0.5, 0.6) is 0 Å². The van der Waals surface area contributed by atoms with Crippen LogP contribution in [-0.2, 0) is 21.5 Å². The first-order valence-electron chi connectivity index (χ1n) is 8.92. The lowest BCUT2D eigenvalue weighted by Gasteiger charge is -2.20. The van der Waals surface area contributed by atoms with E-state index in [1.54, 1.807) is 24.3 Å². The molecule has 0 fully saturated rings. The van der Waals surface area contributed by atoms with Crippen LogP contribution in [0, 0.1) is 0 Å². The lowest BCUT2D eigenvalue weighted by molar-refractivity contribution is -0.141. The molecule has 0 radical (unpaired) electrons. The number of carbonyl (C=O) groups is 1. The summed E-state index contributed by atoms with van der Waals surface area (Å²) >= 11 is 7.85. The van der Waals surface area contributed by atoms with E-state index in [4.69, 9.17) is 16.4 Å². The van der Waals surface area contributed by atoms with Gasteiger partial charge in [-0.3, -0.25) is 4.79 Å². The van der Waals surface area contributed by atoms with Crippen LogP contribution in [0.3, 0.4) is 0 Å². The van der Waals surface area contributed by atoms with Crippen LogP contribution >= 0.6 is 22.9 Å². The van der Waals surface area contributed by atoms with Gasteiger partial charge in [-0.05, 0) is 13.0 Å². The Labute approximate surface area is 168 Å². The van der Waals surface area contributed by atoms with Gasteiger partial charge in [-0.25, -0.2) is 4.98 Å². The lowest BCUT2D eigenvalue weighted by Crippen LogP contribution is -2.45. The van der Waals surface area contributed by atoms with Gasteiger partial charge in [-0.15, -0.1) is 11.3 Å². The molecule has 144 valence electrons. The largest absolute Gasteiger partial charge is 0.379 e. The van der Waals surface area contributed by atoms with Crippen molar-refractivity contribution in [2.24, 2.45) is 5.16 Å². The summed E-state index contributed by atoms with van der Waals surface area (Å²) in [6, 6.07) is 7.43. The molecule has 3 rings (SSSR count). The van der Waals surface area contributed by atoms with Crippen molar-refractivity contribution < 1.29 is 9.63 Å². The second-order valence-electron chi connectivity index (χ2n) is 7.90. The van der Waals surface area contributed by atoms with Crippen molar-refractivity contribution in [2.45, 2.75) is 51.6 Å². The topological polar surface area (TPSA) is 63.6 Å². The second kappa shape index (κ2) is 7.60. The Hall–Kier alpha value is -1.92. The third kappa shape index (κ3) is 4.50. The van der Waals surface area contributed by atoms with Crippen LogP contribution in [0.25, 0.3) is 0 Å². The number of carbonyl (C=O) groups excluding carboxylic acids is 1. The lowest BCUT2D eigenvalue weighted by atomic mass is 9.93. The minimum atomic E-state index is -1.02. The van der Waals surface area contributed by atoms with Crippen molar-refractivity contribution in [3.8, 4) is 0 Å². The maximum atomic E-state index is 12.6. The quantitative estimate of drug-likeness (QED) is 0.804. The van der Waals surface area contributed by atoms with Crippen LogP contribution in [0.2, 0.25) is 5.02 Å². The Morgan fingerprint density at radius 3 is 2.78 bits per heavy atom. The molecule has 0 bridgehead atoms. The molecule has 1 aliphatic rings. The number of nitrogens with one attached hydrogen (secondary N) is 1. The molecule has 0 spiro atoms. The number of benzene rings is 1. The number of hydrogen-bond donors (Lipinski definition) is 1. The second-order valence-corrected chi connectivity index (χ2v) is 9.25. The summed E-state index contributed by atoms with van der Waals surface area (Å²) in [4.78, 5) is 22.8. The number of nitrogens with zero attached hydrogens (tertiary/aromatic N) is 2. The molecule has 2 heterocycles. The number of hydrogen-bond acceptors (Lipinski definition) is 5. The molecule has 1 aliphatic heterocycles. The minimum Gasteiger partial charge on any atom is -0.379 e. The van der Waals surface area contributed by atoms with Crippen molar-refractivity contribution in [3.63, 3.8) is 0 Å². The summed E-state index contributed by atoms with van der Waals surface area (Å²) < 4.78 is 0. The molecule has 1 aromatic carbocycles. The van der Waals surface area contributed by atoms with E-state index in [0.29, 0.717) is 30.1 Å². The summed E-state index contributed by atoms with van der Waals surface area (Å²) in [5.41, 5.74) is 1.59. The van der Waals surface area contributed by atoms with Crippen LogP contribution in [0.4, 0.5) is 0 Å². The van der Waals surface area contributed by atoms with Crippen LogP contribution in [-0.4, -0.2) is 28.7 Å². The van der Waals surface area contributed by atoms with Gasteiger partial charge in [0.1, 0.15) is 0 Å². The van der Waals surface area contributed by atoms with E-state index in [-0.39, 0.29) is 11.3 Å². The highest BCUT2D eigenvalue weighted by Crippen LogP contribution is 2.29. The van der Waals surface area contributed by atoms with Gasteiger partial charge in [0.2, 0.25) is 5.60 Å². The van der Waals surface area contributed by atoms with Gasteiger partial charge in [0.05, 0.1) is 16.4 Å². The Bertz CT molecular complexity index is 872. The van der Waals surface area contributed by atoms with Crippen molar-refractivity contribution in [1.82, 2.24) is 10.3 Å². The van der Waals surface area contributed by atoms with Gasteiger partial charge in [-0.1, -0.05) is 55.7 Å².